The van der Waals surface area contributed by atoms with E-state index in [4.69, 9.17) is 0 Å². The molecular formula is C16H24N2. The molecule has 0 aromatic heterocycles. The van der Waals surface area contributed by atoms with Crippen molar-refractivity contribution in [1.82, 2.24) is 10.2 Å². The molecule has 2 fully saturated rings. The molecule has 1 aliphatic carbocycles. The molecule has 2 atom stereocenters. The van der Waals surface area contributed by atoms with E-state index in [-0.39, 0.29) is 0 Å². The molecule has 0 spiro atoms. The summed E-state index contributed by atoms with van der Waals surface area (Å²) in [5, 5.41) is 3.71. The first-order chi connectivity index (χ1) is 8.84. The van der Waals surface area contributed by atoms with Crippen LogP contribution in [-0.4, -0.2) is 30.1 Å². The lowest BCUT2D eigenvalue weighted by atomic mass is 10.0. The summed E-state index contributed by atoms with van der Waals surface area (Å²) >= 11 is 0. The maximum absolute atomic E-state index is 3.71. The third kappa shape index (κ3) is 2.76. The van der Waals surface area contributed by atoms with Gasteiger partial charge in [-0.2, -0.15) is 0 Å². The summed E-state index contributed by atoms with van der Waals surface area (Å²) in [6.07, 6.45) is 5.45. The van der Waals surface area contributed by atoms with Gasteiger partial charge >= 0.3 is 0 Å². The molecule has 2 unspecified atom stereocenters. The molecule has 1 saturated heterocycles. The van der Waals surface area contributed by atoms with E-state index >= 15 is 0 Å². The van der Waals surface area contributed by atoms with Gasteiger partial charge in [0, 0.05) is 24.7 Å². The Balaban J connectivity index is 1.73. The van der Waals surface area contributed by atoms with E-state index in [0.29, 0.717) is 6.04 Å². The zero-order valence-corrected chi connectivity index (χ0v) is 11.3. The third-order valence-corrected chi connectivity index (χ3v) is 4.37. The van der Waals surface area contributed by atoms with Crippen molar-refractivity contribution in [3.8, 4) is 0 Å². The minimum absolute atomic E-state index is 0.560. The highest BCUT2D eigenvalue weighted by Gasteiger charge is 2.30. The first-order valence-corrected chi connectivity index (χ1v) is 7.38. The highest BCUT2D eigenvalue weighted by atomic mass is 15.2. The van der Waals surface area contributed by atoms with Gasteiger partial charge in [0.1, 0.15) is 0 Å². The number of nitrogens with one attached hydrogen (secondary N) is 1. The van der Waals surface area contributed by atoms with E-state index in [2.05, 4.69) is 47.5 Å². The van der Waals surface area contributed by atoms with Crippen LogP contribution in [0.3, 0.4) is 0 Å². The Morgan fingerprint density at radius 2 is 2.00 bits per heavy atom. The number of hydrogen-bond acceptors (Lipinski definition) is 2. The summed E-state index contributed by atoms with van der Waals surface area (Å²) in [4.78, 5) is 2.69. The smallest absolute Gasteiger partial charge is 0.0475 e. The van der Waals surface area contributed by atoms with Gasteiger partial charge in [0.15, 0.2) is 0 Å². The van der Waals surface area contributed by atoms with Crippen LogP contribution in [0.15, 0.2) is 30.3 Å². The fourth-order valence-electron chi connectivity index (χ4n) is 3.09. The second-order valence-electron chi connectivity index (χ2n) is 5.84. The van der Waals surface area contributed by atoms with Crippen LogP contribution < -0.4 is 5.32 Å². The number of benzene rings is 1. The molecule has 1 saturated carbocycles. The van der Waals surface area contributed by atoms with Crippen molar-refractivity contribution < 1.29 is 0 Å². The Bertz CT molecular complexity index is 372. The van der Waals surface area contributed by atoms with Crippen LogP contribution in [0.25, 0.3) is 0 Å². The van der Waals surface area contributed by atoms with Crippen LogP contribution in [0.1, 0.15) is 44.2 Å². The maximum Gasteiger partial charge on any atom is 0.0475 e. The highest BCUT2D eigenvalue weighted by molar-refractivity contribution is 5.20. The van der Waals surface area contributed by atoms with Gasteiger partial charge in [0.25, 0.3) is 0 Å². The van der Waals surface area contributed by atoms with Gasteiger partial charge < -0.3 is 5.32 Å². The zero-order chi connectivity index (χ0) is 12.4. The van der Waals surface area contributed by atoms with E-state index in [1.54, 1.807) is 0 Å². The number of rotatable bonds is 5. The van der Waals surface area contributed by atoms with Crippen molar-refractivity contribution >= 4 is 0 Å². The molecule has 1 aromatic carbocycles. The van der Waals surface area contributed by atoms with Crippen molar-refractivity contribution in [2.45, 2.75) is 50.7 Å². The normalized spacial score (nSPS) is 26.4. The van der Waals surface area contributed by atoms with E-state index in [0.717, 1.165) is 18.6 Å². The Morgan fingerprint density at radius 3 is 2.61 bits per heavy atom. The number of likely N-dealkylation sites (tertiary alicyclic amines) is 1. The topological polar surface area (TPSA) is 15.3 Å². The monoisotopic (exact) mass is 244 g/mol. The zero-order valence-electron chi connectivity index (χ0n) is 11.3. The summed E-state index contributed by atoms with van der Waals surface area (Å²) in [5.41, 5.74) is 1.47. The molecule has 2 aliphatic rings. The lowest BCUT2D eigenvalue weighted by Crippen LogP contribution is -2.38. The van der Waals surface area contributed by atoms with Gasteiger partial charge in [0.05, 0.1) is 0 Å². The van der Waals surface area contributed by atoms with E-state index in [9.17, 15) is 0 Å². The van der Waals surface area contributed by atoms with Crippen LogP contribution >= 0.6 is 0 Å². The molecule has 0 amide bonds. The molecule has 2 nitrogen and oxygen atoms in total. The summed E-state index contributed by atoms with van der Waals surface area (Å²) in [5.74, 6) is 0. The first kappa shape index (κ1) is 12.2. The van der Waals surface area contributed by atoms with Crippen molar-refractivity contribution in [1.29, 1.82) is 0 Å². The fraction of sp³-hybridized carbons (Fsp3) is 0.625. The average Bonchev–Trinajstić information content (AvgIpc) is 3.14. The average molecular weight is 244 g/mol. The van der Waals surface area contributed by atoms with Crippen LogP contribution in [0, 0.1) is 0 Å². The Kier molecular flexibility index (Phi) is 3.67. The van der Waals surface area contributed by atoms with Gasteiger partial charge in [-0.05, 0) is 44.7 Å². The van der Waals surface area contributed by atoms with Gasteiger partial charge in [-0.15, -0.1) is 0 Å². The summed E-state index contributed by atoms with van der Waals surface area (Å²) in [6.45, 7) is 4.74. The number of nitrogens with zero attached hydrogens (tertiary/aromatic N) is 1. The molecule has 3 rings (SSSR count). The maximum atomic E-state index is 3.71. The number of hydrogen-bond donors (Lipinski definition) is 1. The molecule has 1 aromatic rings. The standard InChI is InChI=1S/C16H24N2/c1-13-6-5-11-18(13)16(12-17-15-9-10-15)14-7-3-2-4-8-14/h2-4,7-8,13,15-17H,5-6,9-12H2,1H3. The van der Waals surface area contributed by atoms with Crippen molar-refractivity contribution in [3.63, 3.8) is 0 Å². The summed E-state index contributed by atoms with van der Waals surface area (Å²) in [7, 11) is 0. The van der Waals surface area contributed by atoms with Gasteiger partial charge in [-0.25, -0.2) is 0 Å². The first-order valence-electron chi connectivity index (χ1n) is 7.38. The largest absolute Gasteiger partial charge is 0.312 e. The second-order valence-corrected chi connectivity index (χ2v) is 5.84. The Hall–Kier alpha value is -0.860. The van der Waals surface area contributed by atoms with E-state index in [1.807, 2.05) is 0 Å². The second kappa shape index (κ2) is 5.41. The molecule has 98 valence electrons. The quantitative estimate of drug-likeness (QED) is 0.856. The van der Waals surface area contributed by atoms with E-state index < -0.39 is 0 Å². The Morgan fingerprint density at radius 1 is 1.22 bits per heavy atom. The van der Waals surface area contributed by atoms with Gasteiger partial charge in [-0.3, -0.25) is 4.90 Å². The molecular weight excluding hydrogens is 220 g/mol. The Labute approximate surface area is 110 Å². The molecule has 18 heavy (non-hydrogen) atoms. The van der Waals surface area contributed by atoms with Crippen molar-refractivity contribution in [2.75, 3.05) is 13.1 Å². The molecule has 0 radical (unpaired) electrons. The molecule has 0 bridgehead atoms. The third-order valence-electron chi connectivity index (χ3n) is 4.37. The highest BCUT2D eigenvalue weighted by Crippen LogP contribution is 2.30. The van der Waals surface area contributed by atoms with Crippen LogP contribution in [0.4, 0.5) is 0 Å². The predicted molar refractivity (Wildman–Crippen MR) is 75.6 cm³/mol. The summed E-state index contributed by atoms with van der Waals surface area (Å²) in [6, 6.07) is 13.1. The minimum Gasteiger partial charge on any atom is -0.312 e. The lowest BCUT2D eigenvalue weighted by Gasteiger charge is -2.32. The fourth-order valence-corrected chi connectivity index (χ4v) is 3.09. The SMILES string of the molecule is CC1CCCN1C(CNC1CC1)c1ccccc1. The van der Waals surface area contributed by atoms with Gasteiger partial charge in [0.2, 0.25) is 0 Å². The predicted octanol–water partition coefficient (Wildman–Crippen LogP) is 2.96. The molecule has 1 heterocycles. The van der Waals surface area contributed by atoms with E-state index in [1.165, 1.54) is 37.8 Å². The van der Waals surface area contributed by atoms with Crippen molar-refractivity contribution in [2.24, 2.45) is 0 Å². The van der Waals surface area contributed by atoms with Crippen LogP contribution in [-0.2, 0) is 0 Å². The minimum atomic E-state index is 0.560. The molecule has 1 N–H and O–H groups in total. The van der Waals surface area contributed by atoms with Crippen LogP contribution in [0.2, 0.25) is 0 Å². The summed E-state index contributed by atoms with van der Waals surface area (Å²) < 4.78 is 0. The van der Waals surface area contributed by atoms with Gasteiger partial charge in [-0.1, -0.05) is 30.3 Å². The molecule has 1 aliphatic heterocycles. The lowest BCUT2D eigenvalue weighted by molar-refractivity contribution is 0.186. The van der Waals surface area contributed by atoms with Crippen LogP contribution in [0.5, 0.6) is 0 Å². The van der Waals surface area contributed by atoms with Crippen molar-refractivity contribution in [3.05, 3.63) is 35.9 Å². The molecule has 2 heteroatoms.